The lowest BCUT2D eigenvalue weighted by atomic mass is 9.94. The molecular formula is C13H23N3O2S. The summed E-state index contributed by atoms with van der Waals surface area (Å²) in [4.78, 5) is 3.15. The first kappa shape index (κ1) is 14.6. The van der Waals surface area contributed by atoms with Gasteiger partial charge in [-0.2, -0.15) is 0 Å². The molecule has 5 nitrogen and oxygen atoms in total. The first-order chi connectivity index (χ1) is 8.97. The molecule has 1 aromatic heterocycles. The van der Waals surface area contributed by atoms with Crippen molar-refractivity contribution in [3.63, 3.8) is 0 Å². The second-order valence-electron chi connectivity index (χ2n) is 5.40. The van der Waals surface area contributed by atoms with Crippen LogP contribution in [-0.2, 0) is 16.6 Å². The van der Waals surface area contributed by atoms with Crippen LogP contribution < -0.4 is 10.5 Å². The lowest BCUT2D eigenvalue weighted by molar-refractivity contribution is 0.368. The van der Waals surface area contributed by atoms with Crippen LogP contribution in [0.3, 0.4) is 0 Å². The van der Waals surface area contributed by atoms with Crippen LogP contribution in [0.1, 0.15) is 38.8 Å². The number of rotatable bonds is 5. The summed E-state index contributed by atoms with van der Waals surface area (Å²) in [5.74, 6) is 1.02. The van der Waals surface area contributed by atoms with E-state index < -0.39 is 10.0 Å². The van der Waals surface area contributed by atoms with Gasteiger partial charge in [-0.15, -0.1) is 0 Å². The molecule has 108 valence electrons. The molecule has 0 amide bonds. The van der Waals surface area contributed by atoms with Crippen molar-refractivity contribution in [1.29, 1.82) is 0 Å². The average Bonchev–Trinajstić information content (AvgIpc) is 2.98. The van der Waals surface area contributed by atoms with E-state index in [2.05, 4.69) is 23.6 Å². The molecule has 0 saturated heterocycles. The van der Waals surface area contributed by atoms with Gasteiger partial charge in [0.25, 0.3) is 0 Å². The summed E-state index contributed by atoms with van der Waals surface area (Å²) in [7, 11) is -3.43. The van der Waals surface area contributed by atoms with Gasteiger partial charge >= 0.3 is 0 Å². The highest BCUT2D eigenvalue weighted by molar-refractivity contribution is 7.89. The molecule has 0 bridgehead atoms. The number of hydrogen-bond acceptors (Lipinski definition) is 3. The topological polar surface area (TPSA) is 88.0 Å². The van der Waals surface area contributed by atoms with Crippen LogP contribution >= 0.6 is 0 Å². The van der Waals surface area contributed by atoms with Gasteiger partial charge in [0.05, 0.1) is 4.90 Å². The third-order valence-corrected chi connectivity index (χ3v) is 5.77. The van der Waals surface area contributed by atoms with Crippen molar-refractivity contribution in [3.8, 4) is 0 Å². The van der Waals surface area contributed by atoms with Gasteiger partial charge in [0.2, 0.25) is 10.0 Å². The van der Waals surface area contributed by atoms with Crippen molar-refractivity contribution in [1.82, 2.24) is 9.71 Å². The van der Waals surface area contributed by atoms with Crippen LogP contribution in [0.15, 0.2) is 17.2 Å². The van der Waals surface area contributed by atoms with Crippen LogP contribution in [0.2, 0.25) is 0 Å². The highest BCUT2D eigenvalue weighted by Gasteiger charge is 2.34. The van der Waals surface area contributed by atoms with E-state index in [0.717, 1.165) is 25.0 Å². The molecule has 0 aromatic carbocycles. The van der Waals surface area contributed by atoms with Crippen molar-refractivity contribution in [2.75, 3.05) is 0 Å². The third kappa shape index (κ3) is 3.01. The van der Waals surface area contributed by atoms with Gasteiger partial charge in [-0.1, -0.05) is 20.3 Å². The summed E-state index contributed by atoms with van der Waals surface area (Å²) in [5, 5.41) is 0. The SMILES string of the molecule is CCC1CCC(NS(=O)(=O)c2c[nH]c(CN)c2)C1C. The minimum absolute atomic E-state index is 0.0474. The maximum atomic E-state index is 12.3. The molecule has 0 spiro atoms. The molecular weight excluding hydrogens is 262 g/mol. The van der Waals surface area contributed by atoms with Crippen molar-refractivity contribution >= 4 is 10.0 Å². The van der Waals surface area contributed by atoms with Crippen LogP contribution in [0.25, 0.3) is 0 Å². The molecule has 1 fully saturated rings. The maximum absolute atomic E-state index is 12.3. The van der Waals surface area contributed by atoms with Gasteiger partial charge in [0.15, 0.2) is 0 Å². The number of aromatic nitrogens is 1. The molecule has 3 atom stereocenters. The van der Waals surface area contributed by atoms with Crippen LogP contribution in [-0.4, -0.2) is 19.4 Å². The number of sulfonamides is 1. The highest BCUT2D eigenvalue weighted by atomic mass is 32.2. The first-order valence-corrected chi connectivity index (χ1v) is 8.36. The Morgan fingerprint density at radius 1 is 1.47 bits per heavy atom. The average molecular weight is 285 g/mol. The molecule has 4 N–H and O–H groups in total. The fraction of sp³-hybridized carbons (Fsp3) is 0.692. The molecule has 6 heteroatoms. The van der Waals surface area contributed by atoms with Gasteiger partial charge in [-0.25, -0.2) is 13.1 Å². The lowest BCUT2D eigenvalue weighted by Gasteiger charge is -2.20. The Kier molecular flexibility index (Phi) is 4.32. The predicted octanol–water partition coefficient (Wildman–Crippen LogP) is 1.58. The van der Waals surface area contributed by atoms with Crippen molar-refractivity contribution in [3.05, 3.63) is 18.0 Å². The predicted molar refractivity (Wildman–Crippen MR) is 75.0 cm³/mol. The molecule has 0 aliphatic heterocycles. The zero-order chi connectivity index (χ0) is 14.0. The number of hydrogen-bond donors (Lipinski definition) is 3. The summed E-state index contributed by atoms with van der Waals surface area (Å²) in [6.45, 7) is 4.61. The lowest BCUT2D eigenvalue weighted by Crippen LogP contribution is -2.37. The van der Waals surface area contributed by atoms with E-state index in [1.54, 1.807) is 6.07 Å². The molecule has 19 heavy (non-hydrogen) atoms. The van der Waals surface area contributed by atoms with Crippen LogP contribution in [0.4, 0.5) is 0 Å². The van der Waals surface area contributed by atoms with Gasteiger partial charge in [0.1, 0.15) is 0 Å². The standard InChI is InChI=1S/C13H23N3O2S/c1-3-10-4-5-13(9(10)2)16-19(17,18)12-6-11(7-14)15-8-12/h6,8-10,13,15-16H,3-5,7,14H2,1-2H3. The van der Waals surface area contributed by atoms with Crippen LogP contribution in [0, 0.1) is 11.8 Å². The summed E-state index contributed by atoms with van der Waals surface area (Å²) in [5.41, 5.74) is 6.21. The normalized spacial score (nSPS) is 27.8. The van der Waals surface area contributed by atoms with E-state index >= 15 is 0 Å². The molecule has 1 aromatic rings. The monoisotopic (exact) mass is 285 g/mol. The Labute approximate surface area is 115 Å². The third-order valence-electron chi connectivity index (χ3n) is 4.30. The van der Waals surface area contributed by atoms with Gasteiger partial charge in [-0.3, -0.25) is 0 Å². The van der Waals surface area contributed by atoms with Crippen molar-refractivity contribution in [2.24, 2.45) is 17.6 Å². The van der Waals surface area contributed by atoms with Crippen molar-refractivity contribution in [2.45, 2.75) is 50.6 Å². The molecule has 1 saturated carbocycles. The summed E-state index contributed by atoms with van der Waals surface area (Å²) in [6, 6.07) is 1.64. The van der Waals surface area contributed by atoms with Crippen molar-refractivity contribution < 1.29 is 8.42 Å². The second-order valence-corrected chi connectivity index (χ2v) is 7.11. The summed E-state index contributed by atoms with van der Waals surface area (Å²) in [6.07, 6.45) is 4.64. The van der Waals surface area contributed by atoms with Crippen LogP contribution in [0.5, 0.6) is 0 Å². The Balaban J connectivity index is 2.09. The van der Waals surface area contributed by atoms with E-state index in [1.165, 1.54) is 6.20 Å². The minimum Gasteiger partial charge on any atom is -0.363 e. The molecule has 0 radical (unpaired) electrons. The fourth-order valence-electron chi connectivity index (χ4n) is 2.95. The smallest absolute Gasteiger partial charge is 0.242 e. The van der Waals surface area contributed by atoms with E-state index in [4.69, 9.17) is 5.73 Å². The Morgan fingerprint density at radius 3 is 2.74 bits per heavy atom. The molecule has 1 heterocycles. The number of aromatic amines is 1. The molecule has 1 aliphatic rings. The first-order valence-electron chi connectivity index (χ1n) is 6.87. The highest BCUT2D eigenvalue weighted by Crippen LogP contribution is 2.34. The Morgan fingerprint density at radius 2 is 2.21 bits per heavy atom. The van der Waals surface area contributed by atoms with E-state index in [1.807, 2.05) is 0 Å². The quantitative estimate of drug-likeness (QED) is 0.767. The number of nitrogens with one attached hydrogen (secondary N) is 2. The fourth-order valence-corrected chi connectivity index (χ4v) is 4.33. The Hall–Kier alpha value is -0.850. The Bertz CT molecular complexity index is 524. The number of nitrogens with two attached hydrogens (primary N) is 1. The van der Waals surface area contributed by atoms with Gasteiger partial charge < -0.3 is 10.7 Å². The zero-order valence-corrected chi connectivity index (χ0v) is 12.3. The minimum atomic E-state index is -3.43. The van der Waals surface area contributed by atoms with Gasteiger partial charge in [-0.05, 0) is 30.7 Å². The molecule has 1 aliphatic carbocycles. The molecule has 2 rings (SSSR count). The second kappa shape index (κ2) is 5.64. The maximum Gasteiger partial charge on any atom is 0.242 e. The summed E-state index contributed by atoms with van der Waals surface area (Å²) < 4.78 is 27.4. The van der Waals surface area contributed by atoms with E-state index in [0.29, 0.717) is 18.4 Å². The van der Waals surface area contributed by atoms with E-state index in [9.17, 15) is 8.42 Å². The summed E-state index contributed by atoms with van der Waals surface area (Å²) >= 11 is 0. The number of H-pyrrole nitrogens is 1. The molecule has 3 unspecified atom stereocenters. The largest absolute Gasteiger partial charge is 0.363 e. The van der Waals surface area contributed by atoms with E-state index in [-0.39, 0.29) is 10.9 Å². The van der Waals surface area contributed by atoms with Gasteiger partial charge in [0, 0.05) is 24.5 Å². The zero-order valence-electron chi connectivity index (χ0n) is 11.5.